The SMILES string of the molecule is O=S(=O)(c1ccc(F)cc1)C1(CC#Cc2ccc(F)cc2)CNCS1. The van der Waals surface area contributed by atoms with Crippen LogP contribution < -0.4 is 5.32 Å². The standard InChI is InChI=1S/C18H15F2NO2S2/c19-15-5-3-14(4-6-15)2-1-11-18(12-21-13-24-18)25(22,23)17-9-7-16(20)8-10-17/h3-10,21H,11-13H2. The van der Waals surface area contributed by atoms with Gasteiger partial charge in [0, 0.05) is 24.4 Å². The van der Waals surface area contributed by atoms with E-state index in [4.69, 9.17) is 0 Å². The minimum absolute atomic E-state index is 0.0775. The molecule has 3 nitrogen and oxygen atoms in total. The van der Waals surface area contributed by atoms with E-state index in [0.717, 1.165) is 12.1 Å². The summed E-state index contributed by atoms with van der Waals surface area (Å²) in [4.78, 5) is 0.0775. The zero-order chi connectivity index (χ0) is 17.9. The zero-order valence-corrected chi connectivity index (χ0v) is 14.8. The van der Waals surface area contributed by atoms with Gasteiger partial charge in [-0.25, -0.2) is 17.2 Å². The fraction of sp³-hybridized carbons (Fsp3) is 0.222. The van der Waals surface area contributed by atoms with Gasteiger partial charge in [0.25, 0.3) is 0 Å². The summed E-state index contributed by atoms with van der Waals surface area (Å²) in [6.07, 6.45) is 0.113. The number of sulfone groups is 1. The predicted octanol–water partition coefficient (Wildman–Crippen LogP) is 3.17. The van der Waals surface area contributed by atoms with Crippen molar-refractivity contribution in [2.45, 2.75) is 15.4 Å². The average Bonchev–Trinajstić information content (AvgIpc) is 3.08. The number of hydrogen-bond donors (Lipinski definition) is 1. The molecule has 0 saturated carbocycles. The van der Waals surface area contributed by atoms with Gasteiger partial charge in [0.1, 0.15) is 15.7 Å². The van der Waals surface area contributed by atoms with E-state index in [-0.39, 0.29) is 23.7 Å². The van der Waals surface area contributed by atoms with Gasteiger partial charge in [-0.1, -0.05) is 11.8 Å². The smallest absolute Gasteiger partial charge is 0.195 e. The number of nitrogens with one attached hydrogen (secondary N) is 1. The lowest BCUT2D eigenvalue weighted by Gasteiger charge is -2.25. The van der Waals surface area contributed by atoms with Crippen LogP contribution in [0, 0.1) is 23.5 Å². The first kappa shape index (κ1) is 17.9. The molecule has 1 saturated heterocycles. The average molecular weight is 379 g/mol. The monoisotopic (exact) mass is 379 g/mol. The molecule has 130 valence electrons. The van der Waals surface area contributed by atoms with Crippen molar-refractivity contribution in [2.75, 3.05) is 12.4 Å². The van der Waals surface area contributed by atoms with E-state index in [2.05, 4.69) is 17.2 Å². The Morgan fingerprint density at radius 2 is 1.64 bits per heavy atom. The van der Waals surface area contributed by atoms with E-state index in [1.165, 1.54) is 36.0 Å². The Labute approximate surface area is 149 Å². The van der Waals surface area contributed by atoms with E-state index in [0.29, 0.717) is 11.4 Å². The number of benzene rings is 2. The van der Waals surface area contributed by atoms with Gasteiger partial charge in [-0.05, 0) is 48.5 Å². The second kappa shape index (κ2) is 7.16. The summed E-state index contributed by atoms with van der Waals surface area (Å²) in [6, 6.07) is 10.5. The molecule has 0 aliphatic carbocycles. The summed E-state index contributed by atoms with van der Waals surface area (Å²) < 4.78 is 51.0. The molecule has 0 aromatic heterocycles. The lowest BCUT2D eigenvalue weighted by molar-refractivity contribution is 0.568. The lowest BCUT2D eigenvalue weighted by Crippen LogP contribution is -2.38. The maximum atomic E-state index is 13.1. The van der Waals surface area contributed by atoms with Crippen LogP contribution in [0.25, 0.3) is 0 Å². The molecule has 1 fully saturated rings. The highest BCUT2D eigenvalue weighted by molar-refractivity contribution is 8.15. The van der Waals surface area contributed by atoms with Gasteiger partial charge in [-0.15, -0.1) is 11.8 Å². The third-order valence-corrected chi connectivity index (χ3v) is 8.22. The summed E-state index contributed by atoms with van der Waals surface area (Å²) in [5, 5.41) is 3.05. The Morgan fingerprint density at radius 3 is 2.20 bits per heavy atom. The van der Waals surface area contributed by atoms with Crippen molar-refractivity contribution in [3.05, 3.63) is 65.7 Å². The topological polar surface area (TPSA) is 46.2 Å². The molecule has 3 rings (SSSR count). The first-order valence-corrected chi connectivity index (χ1v) is 9.99. The molecule has 2 aromatic rings. The van der Waals surface area contributed by atoms with Crippen molar-refractivity contribution < 1.29 is 17.2 Å². The van der Waals surface area contributed by atoms with E-state index in [1.54, 1.807) is 12.1 Å². The summed E-state index contributed by atoms with van der Waals surface area (Å²) in [5.74, 6) is 5.44. The predicted molar refractivity (Wildman–Crippen MR) is 94.7 cm³/mol. The van der Waals surface area contributed by atoms with Crippen LogP contribution in [-0.2, 0) is 9.84 Å². The lowest BCUT2D eigenvalue weighted by atomic mass is 10.2. The second-order valence-corrected chi connectivity index (χ2v) is 9.45. The Bertz CT molecular complexity index is 908. The molecular formula is C18H15F2NO2S2. The van der Waals surface area contributed by atoms with Crippen molar-refractivity contribution in [2.24, 2.45) is 0 Å². The van der Waals surface area contributed by atoms with E-state index < -0.39 is 19.7 Å². The fourth-order valence-electron chi connectivity index (χ4n) is 2.50. The highest BCUT2D eigenvalue weighted by Crippen LogP contribution is 2.41. The largest absolute Gasteiger partial charge is 0.305 e. The maximum absolute atomic E-state index is 13.1. The summed E-state index contributed by atoms with van der Waals surface area (Å²) in [5.41, 5.74) is 0.617. The highest BCUT2D eigenvalue weighted by atomic mass is 32.3. The molecule has 1 aliphatic heterocycles. The van der Waals surface area contributed by atoms with Crippen LogP contribution in [-0.4, -0.2) is 24.9 Å². The van der Waals surface area contributed by atoms with Crippen LogP contribution >= 0.6 is 11.8 Å². The third-order valence-electron chi connectivity index (χ3n) is 3.88. The highest BCUT2D eigenvalue weighted by Gasteiger charge is 2.47. The molecular weight excluding hydrogens is 364 g/mol. The number of hydrogen-bond acceptors (Lipinski definition) is 4. The first-order chi connectivity index (χ1) is 11.9. The molecule has 0 amide bonds. The molecule has 25 heavy (non-hydrogen) atoms. The van der Waals surface area contributed by atoms with Gasteiger partial charge in [0.05, 0.1) is 4.90 Å². The molecule has 0 radical (unpaired) electrons. The van der Waals surface area contributed by atoms with E-state index in [1.807, 2.05) is 0 Å². The van der Waals surface area contributed by atoms with Crippen molar-refractivity contribution in [3.63, 3.8) is 0 Å². The maximum Gasteiger partial charge on any atom is 0.195 e. The summed E-state index contributed by atoms with van der Waals surface area (Å²) >= 11 is 1.28. The number of rotatable bonds is 3. The van der Waals surface area contributed by atoms with Gasteiger partial charge in [-0.3, -0.25) is 0 Å². The molecule has 1 unspecified atom stereocenters. The zero-order valence-electron chi connectivity index (χ0n) is 13.1. The fourth-order valence-corrected chi connectivity index (χ4v) is 5.91. The van der Waals surface area contributed by atoms with Crippen molar-refractivity contribution in [1.82, 2.24) is 5.32 Å². The molecule has 1 atom stereocenters. The van der Waals surface area contributed by atoms with Crippen LogP contribution in [0.3, 0.4) is 0 Å². The number of thioether (sulfide) groups is 1. The van der Waals surface area contributed by atoms with Crippen molar-refractivity contribution in [1.29, 1.82) is 0 Å². The van der Waals surface area contributed by atoms with Crippen molar-refractivity contribution in [3.8, 4) is 11.8 Å². The van der Waals surface area contributed by atoms with Crippen LogP contribution in [0.1, 0.15) is 12.0 Å². The van der Waals surface area contributed by atoms with Crippen LogP contribution in [0.2, 0.25) is 0 Å². The molecule has 7 heteroatoms. The number of halogens is 2. The van der Waals surface area contributed by atoms with E-state index >= 15 is 0 Å². The molecule has 1 N–H and O–H groups in total. The van der Waals surface area contributed by atoms with Crippen LogP contribution in [0.5, 0.6) is 0 Å². The minimum Gasteiger partial charge on any atom is -0.305 e. The van der Waals surface area contributed by atoms with Gasteiger partial charge in [0.15, 0.2) is 9.84 Å². The van der Waals surface area contributed by atoms with Gasteiger partial charge in [-0.2, -0.15) is 0 Å². The Hall–Kier alpha value is -1.88. The molecule has 1 heterocycles. The quantitative estimate of drug-likeness (QED) is 0.657. The Morgan fingerprint density at radius 1 is 1.04 bits per heavy atom. The molecule has 2 aromatic carbocycles. The normalized spacial score (nSPS) is 20.1. The van der Waals surface area contributed by atoms with Gasteiger partial charge in [0.2, 0.25) is 0 Å². The van der Waals surface area contributed by atoms with Crippen LogP contribution in [0.15, 0.2) is 53.4 Å². The van der Waals surface area contributed by atoms with Gasteiger partial charge >= 0.3 is 0 Å². The van der Waals surface area contributed by atoms with E-state index in [9.17, 15) is 17.2 Å². The molecule has 1 aliphatic rings. The second-order valence-electron chi connectivity index (χ2n) is 5.57. The Balaban J connectivity index is 1.89. The molecule has 0 bridgehead atoms. The van der Waals surface area contributed by atoms with Gasteiger partial charge < -0.3 is 5.32 Å². The molecule has 0 spiro atoms. The Kier molecular flexibility index (Phi) is 5.13. The third kappa shape index (κ3) is 3.71. The van der Waals surface area contributed by atoms with Crippen molar-refractivity contribution >= 4 is 21.6 Å². The van der Waals surface area contributed by atoms with Crippen LogP contribution in [0.4, 0.5) is 8.78 Å². The summed E-state index contributed by atoms with van der Waals surface area (Å²) in [7, 11) is -3.71. The summed E-state index contributed by atoms with van der Waals surface area (Å²) in [6.45, 7) is 0.259. The minimum atomic E-state index is -3.71. The first-order valence-electron chi connectivity index (χ1n) is 7.52.